The number of hydrogen-bond acceptors (Lipinski definition) is 2. The van der Waals surface area contributed by atoms with Crippen molar-refractivity contribution < 1.29 is 9.18 Å². The topological polar surface area (TPSA) is 38.1 Å². The summed E-state index contributed by atoms with van der Waals surface area (Å²) in [5, 5.41) is 5.18. The molecule has 132 valence electrons. The van der Waals surface area contributed by atoms with Crippen LogP contribution < -0.4 is 0 Å². The van der Waals surface area contributed by atoms with E-state index in [1.165, 1.54) is 12.1 Å². The molecule has 4 rings (SSSR count). The summed E-state index contributed by atoms with van der Waals surface area (Å²) in [6, 6.07) is 11.2. The van der Waals surface area contributed by atoms with E-state index < -0.39 is 0 Å². The molecule has 2 heterocycles. The van der Waals surface area contributed by atoms with E-state index in [1.54, 1.807) is 39.9 Å². The first-order valence-electron chi connectivity index (χ1n) is 8.09. The lowest BCUT2D eigenvalue weighted by molar-refractivity contribution is 0.0732. The Kier molecular flexibility index (Phi) is 4.42. The van der Waals surface area contributed by atoms with Crippen molar-refractivity contribution in [3.63, 3.8) is 0 Å². The van der Waals surface area contributed by atoms with Gasteiger partial charge in [0.15, 0.2) is 0 Å². The number of carbonyl (C=O) groups is 1. The van der Waals surface area contributed by atoms with Crippen molar-refractivity contribution in [3.05, 3.63) is 81.3 Å². The van der Waals surface area contributed by atoms with Gasteiger partial charge in [0.25, 0.3) is 5.91 Å². The van der Waals surface area contributed by atoms with E-state index in [1.807, 2.05) is 6.20 Å². The molecule has 7 heteroatoms. The van der Waals surface area contributed by atoms with Crippen molar-refractivity contribution in [2.24, 2.45) is 0 Å². The monoisotopic (exact) mass is 389 g/mol. The molecule has 0 saturated heterocycles. The maximum Gasteiger partial charge on any atom is 0.255 e. The van der Waals surface area contributed by atoms with Gasteiger partial charge in [-0.15, -0.1) is 0 Å². The Morgan fingerprint density at radius 1 is 1.12 bits per heavy atom. The Labute approximate surface area is 159 Å². The van der Waals surface area contributed by atoms with Crippen LogP contribution in [0.3, 0.4) is 0 Å². The van der Waals surface area contributed by atoms with Gasteiger partial charge in [0, 0.05) is 12.7 Å². The summed E-state index contributed by atoms with van der Waals surface area (Å²) in [6.45, 7) is 0.967. The highest BCUT2D eigenvalue weighted by Gasteiger charge is 2.26. The van der Waals surface area contributed by atoms with Crippen molar-refractivity contribution >= 4 is 29.1 Å². The second kappa shape index (κ2) is 6.74. The molecule has 1 amide bonds. The van der Waals surface area contributed by atoms with Crippen molar-refractivity contribution in [3.8, 4) is 5.69 Å². The van der Waals surface area contributed by atoms with Crippen molar-refractivity contribution in [2.45, 2.75) is 13.0 Å². The zero-order valence-corrected chi connectivity index (χ0v) is 15.1. The van der Waals surface area contributed by atoms with Crippen LogP contribution in [0.2, 0.25) is 10.0 Å². The second-order valence-electron chi connectivity index (χ2n) is 6.10. The molecule has 0 spiro atoms. The summed E-state index contributed by atoms with van der Waals surface area (Å²) in [7, 11) is 0. The fourth-order valence-electron chi connectivity index (χ4n) is 3.04. The first-order valence-corrected chi connectivity index (χ1v) is 8.85. The minimum atomic E-state index is -0.291. The van der Waals surface area contributed by atoms with Crippen LogP contribution in [0.4, 0.5) is 4.39 Å². The summed E-state index contributed by atoms with van der Waals surface area (Å²) in [5.41, 5.74) is 3.07. The zero-order chi connectivity index (χ0) is 18.3. The van der Waals surface area contributed by atoms with Gasteiger partial charge in [-0.3, -0.25) is 4.79 Å². The van der Waals surface area contributed by atoms with E-state index >= 15 is 0 Å². The highest BCUT2D eigenvalue weighted by atomic mass is 35.5. The highest BCUT2D eigenvalue weighted by Crippen LogP contribution is 2.28. The molecule has 1 aliphatic rings. The van der Waals surface area contributed by atoms with Crippen molar-refractivity contribution in [1.82, 2.24) is 14.7 Å². The Bertz CT molecular complexity index is 985. The minimum absolute atomic E-state index is 0.167. The molecule has 0 aliphatic carbocycles. The largest absolute Gasteiger partial charge is 0.332 e. The quantitative estimate of drug-likeness (QED) is 0.646. The number of halogens is 3. The highest BCUT2D eigenvalue weighted by molar-refractivity contribution is 6.43. The van der Waals surface area contributed by atoms with Gasteiger partial charge in [-0.25, -0.2) is 9.07 Å². The summed E-state index contributed by atoms with van der Waals surface area (Å²) >= 11 is 12.2. The lowest BCUT2D eigenvalue weighted by Gasteiger charge is -2.26. The normalized spacial score (nSPS) is 13.6. The molecule has 0 atom stereocenters. The molecule has 0 N–H and O–H groups in total. The van der Waals surface area contributed by atoms with Crippen molar-refractivity contribution in [1.29, 1.82) is 0 Å². The van der Waals surface area contributed by atoms with Gasteiger partial charge in [-0.2, -0.15) is 5.10 Å². The molecular formula is C19H14Cl2FN3O. The zero-order valence-electron chi connectivity index (χ0n) is 13.6. The Hall–Kier alpha value is -2.37. The molecule has 1 aliphatic heterocycles. The maximum absolute atomic E-state index is 13.1. The number of hydrogen-bond donors (Lipinski definition) is 0. The molecule has 4 nitrogen and oxygen atoms in total. The molecule has 2 aromatic carbocycles. The van der Waals surface area contributed by atoms with E-state index in [2.05, 4.69) is 5.10 Å². The number of fused-ring (bicyclic) bond motifs is 1. The Balaban J connectivity index is 1.59. The van der Waals surface area contributed by atoms with Crippen LogP contribution >= 0.6 is 23.2 Å². The molecule has 1 aromatic heterocycles. The number of amides is 1. The van der Waals surface area contributed by atoms with Crippen LogP contribution in [0.1, 0.15) is 21.6 Å². The predicted octanol–water partition coefficient (Wildman–Crippen LogP) is 4.52. The second-order valence-corrected chi connectivity index (χ2v) is 6.89. The van der Waals surface area contributed by atoms with E-state index in [0.717, 1.165) is 16.9 Å². The molecule has 0 radical (unpaired) electrons. The van der Waals surface area contributed by atoms with E-state index in [-0.39, 0.29) is 16.7 Å². The molecule has 0 fully saturated rings. The fraction of sp³-hybridized carbons (Fsp3) is 0.158. The number of aromatic nitrogens is 2. The number of benzene rings is 2. The van der Waals surface area contributed by atoms with Crippen LogP contribution in [0.15, 0.2) is 48.7 Å². The van der Waals surface area contributed by atoms with Gasteiger partial charge in [-0.1, -0.05) is 29.3 Å². The standard InChI is InChI=1S/C19H14Cl2FN3O/c20-16-3-1-2-15(18(16)21)19(26)24-9-8-12-10-25(23-17(12)11-24)14-6-4-13(22)5-7-14/h1-7,10H,8-9,11H2. The maximum atomic E-state index is 13.1. The van der Waals surface area contributed by atoms with Crippen LogP contribution in [0.5, 0.6) is 0 Å². The van der Waals surface area contributed by atoms with Gasteiger partial charge in [0.2, 0.25) is 0 Å². The number of rotatable bonds is 2. The summed E-state index contributed by atoms with van der Waals surface area (Å²) in [6.07, 6.45) is 2.62. The van der Waals surface area contributed by atoms with Crippen LogP contribution in [-0.2, 0) is 13.0 Å². The fourth-order valence-corrected chi connectivity index (χ4v) is 3.42. The van der Waals surface area contributed by atoms with Crippen molar-refractivity contribution in [2.75, 3.05) is 6.54 Å². The van der Waals surface area contributed by atoms with Gasteiger partial charge in [0.05, 0.1) is 33.5 Å². The summed E-state index contributed by atoms with van der Waals surface area (Å²) in [5.74, 6) is -0.458. The summed E-state index contributed by atoms with van der Waals surface area (Å²) < 4.78 is 14.8. The van der Waals surface area contributed by atoms with Gasteiger partial charge in [0.1, 0.15) is 5.82 Å². The average Bonchev–Trinajstić information content (AvgIpc) is 3.07. The van der Waals surface area contributed by atoms with Gasteiger partial charge >= 0.3 is 0 Å². The smallest absolute Gasteiger partial charge is 0.255 e. The van der Waals surface area contributed by atoms with Gasteiger partial charge < -0.3 is 4.90 Å². The van der Waals surface area contributed by atoms with Crippen LogP contribution in [0.25, 0.3) is 5.69 Å². The van der Waals surface area contributed by atoms with Crippen LogP contribution in [0, 0.1) is 5.82 Å². The molecule has 0 unspecified atom stereocenters. The minimum Gasteiger partial charge on any atom is -0.332 e. The third kappa shape index (κ3) is 3.08. The molecule has 26 heavy (non-hydrogen) atoms. The molecule has 3 aromatic rings. The molecule has 0 saturated carbocycles. The SMILES string of the molecule is O=C(c1cccc(Cl)c1Cl)N1CCc2cn(-c3ccc(F)cc3)nc2C1. The first kappa shape index (κ1) is 17.1. The number of nitrogens with zero attached hydrogens (tertiary/aromatic N) is 3. The number of carbonyl (C=O) groups excluding carboxylic acids is 1. The lowest BCUT2D eigenvalue weighted by Crippen LogP contribution is -2.36. The Morgan fingerprint density at radius 2 is 1.88 bits per heavy atom. The van der Waals surface area contributed by atoms with E-state index in [4.69, 9.17) is 23.2 Å². The predicted molar refractivity (Wildman–Crippen MR) is 98.4 cm³/mol. The third-order valence-electron chi connectivity index (χ3n) is 4.43. The average molecular weight is 390 g/mol. The van der Waals surface area contributed by atoms with Gasteiger partial charge in [-0.05, 0) is 48.4 Å². The third-order valence-corrected chi connectivity index (χ3v) is 5.25. The Morgan fingerprint density at radius 3 is 2.65 bits per heavy atom. The van der Waals surface area contributed by atoms with E-state index in [0.29, 0.717) is 30.1 Å². The molecular weight excluding hydrogens is 376 g/mol. The first-order chi connectivity index (χ1) is 12.5. The van der Waals surface area contributed by atoms with E-state index in [9.17, 15) is 9.18 Å². The summed E-state index contributed by atoms with van der Waals surface area (Å²) in [4.78, 5) is 14.5. The molecule has 0 bridgehead atoms. The van der Waals surface area contributed by atoms with Crippen LogP contribution in [-0.4, -0.2) is 27.1 Å². The lowest BCUT2D eigenvalue weighted by atomic mass is 10.1.